The maximum absolute atomic E-state index is 11.1. The van der Waals surface area contributed by atoms with Crippen LogP contribution in [0.1, 0.15) is 37.7 Å². The van der Waals surface area contributed by atoms with Gasteiger partial charge in [-0.1, -0.05) is 36.8 Å². The van der Waals surface area contributed by atoms with Crippen LogP contribution in [-0.2, 0) is 5.60 Å². The lowest BCUT2D eigenvalue weighted by Crippen LogP contribution is -2.95. The van der Waals surface area contributed by atoms with E-state index in [4.69, 9.17) is 0 Å². The summed E-state index contributed by atoms with van der Waals surface area (Å²) in [6.07, 6.45) is 5.98. The van der Waals surface area contributed by atoms with Crippen molar-refractivity contribution in [3.8, 4) is 0 Å². The van der Waals surface area contributed by atoms with E-state index in [-0.39, 0.29) is 0 Å². The summed E-state index contributed by atoms with van der Waals surface area (Å²) in [6.45, 7) is 1.06. The van der Waals surface area contributed by atoms with Gasteiger partial charge in [-0.05, 0) is 24.8 Å². The fourth-order valence-electron chi connectivity index (χ4n) is 3.82. The van der Waals surface area contributed by atoms with Crippen molar-refractivity contribution < 1.29 is 10.4 Å². The molecule has 3 N–H and O–H groups in total. The van der Waals surface area contributed by atoms with E-state index in [1.54, 1.807) is 0 Å². The summed E-state index contributed by atoms with van der Waals surface area (Å²) in [6, 6.07) is 10.9. The molecule has 2 heteroatoms. The largest absolute Gasteiger partial charge is 0.384 e. The molecular weight excluding hydrogens is 210 g/mol. The Hall–Kier alpha value is -0.860. The fourth-order valence-corrected chi connectivity index (χ4v) is 3.82. The molecule has 0 radical (unpaired) electrons. The summed E-state index contributed by atoms with van der Waals surface area (Å²) >= 11 is 0. The molecule has 17 heavy (non-hydrogen) atoms. The van der Waals surface area contributed by atoms with E-state index in [1.165, 1.54) is 25.7 Å². The molecule has 1 aliphatic heterocycles. The maximum atomic E-state index is 11.1. The van der Waals surface area contributed by atoms with Gasteiger partial charge in [-0.3, -0.25) is 0 Å². The van der Waals surface area contributed by atoms with Gasteiger partial charge >= 0.3 is 0 Å². The number of hydrogen-bond acceptors (Lipinski definition) is 1. The lowest BCUT2D eigenvalue weighted by atomic mass is 9.67. The van der Waals surface area contributed by atoms with Crippen LogP contribution in [-0.4, -0.2) is 17.7 Å². The zero-order chi connectivity index (χ0) is 11.7. The molecule has 1 saturated heterocycles. The first-order valence-electron chi connectivity index (χ1n) is 6.92. The highest BCUT2D eigenvalue weighted by Crippen LogP contribution is 2.41. The zero-order valence-electron chi connectivity index (χ0n) is 10.3. The number of hydrogen-bond donors (Lipinski definition) is 2. The molecule has 2 nitrogen and oxygen atoms in total. The van der Waals surface area contributed by atoms with Gasteiger partial charge in [0.15, 0.2) is 0 Å². The zero-order valence-corrected chi connectivity index (χ0v) is 10.3. The summed E-state index contributed by atoms with van der Waals surface area (Å²) in [5.74, 6) is 0.451. The van der Waals surface area contributed by atoms with Crippen LogP contribution in [0.3, 0.4) is 0 Å². The Bertz CT molecular complexity index is 376. The number of quaternary nitrogens is 1. The topological polar surface area (TPSA) is 36.8 Å². The molecule has 3 atom stereocenters. The molecule has 1 heterocycles. The van der Waals surface area contributed by atoms with Crippen LogP contribution in [0.4, 0.5) is 0 Å². The van der Waals surface area contributed by atoms with Crippen molar-refractivity contribution in [2.24, 2.45) is 5.92 Å². The lowest BCUT2D eigenvalue weighted by Gasteiger charge is -2.45. The third-order valence-corrected chi connectivity index (χ3v) is 4.70. The molecule has 2 fully saturated rings. The molecule has 0 bridgehead atoms. The van der Waals surface area contributed by atoms with Crippen molar-refractivity contribution in [3.05, 3.63) is 35.9 Å². The second kappa shape index (κ2) is 4.43. The van der Waals surface area contributed by atoms with Crippen LogP contribution in [0.2, 0.25) is 0 Å². The van der Waals surface area contributed by atoms with Gasteiger partial charge in [0.2, 0.25) is 0 Å². The molecule has 0 unspecified atom stereocenters. The second-order valence-corrected chi connectivity index (χ2v) is 5.62. The average molecular weight is 232 g/mol. The number of benzene rings is 1. The predicted octanol–water partition coefficient (Wildman–Crippen LogP) is 1.40. The fraction of sp³-hybridized carbons (Fsp3) is 0.600. The second-order valence-electron chi connectivity index (χ2n) is 5.62. The van der Waals surface area contributed by atoms with Crippen molar-refractivity contribution in [2.45, 2.75) is 43.7 Å². The minimum atomic E-state index is -0.568. The summed E-state index contributed by atoms with van der Waals surface area (Å²) in [4.78, 5) is 0. The van der Waals surface area contributed by atoms with Crippen molar-refractivity contribution >= 4 is 0 Å². The molecule has 1 aliphatic carbocycles. The molecule has 92 valence electrons. The van der Waals surface area contributed by atoms with E-state index >= 15 is 0 Å². The van der Waals surface area contributed by atoms with Gasteiger partial charge in [-0.25, -0.2) is 0 Å². The first kappa shape index (κ1) is 11.2. The summed E-state index contributed by atoms with van der Waals surface area (Å²) in [7, 11) is 0. The Morgan fingerprint density at radius 2 is 1.88 bits per heavy atom. The van der Waals surface area contributed by atoms with Gasteiger partial charge in [0, 0.05) is 12.3 Å². The molecule has 0 spiro atoms. The molecular formula is C15H22NO+. The van der Waals surface area contributed by atoms with Gasteiger partial charge in [-0.15, -0.1) is 0 Å². The lowest BCUT2D eigenvalue weighted by molar-refractivity contribution is -0.715. The van der Waals surface area contributed by atoms with Gasteiger partial charge in [-0.2, -0.15) is 0 Å². The first-order valence-corrected chi connectivity index (χ1v) is 6.92. The van der Waals surface area contributed by atoms with Crippen molar-refractivity contribution in [1.82, 2.24) is 0 Å². The Kier molecular flexibility index (Phi) is 2.93. The summed E-state index contributed by atoms with van der Waals surface area (Å²) in [5, 5.41) is 13.6. The Morgan fingerprint density at radius 1 is 1.12 bits per heavy atom. The van der Waals surface area contributed by atoms with Crippen molar-refractivity contribution in [3.63, 3.8) is 0 Å². The number of fused-ring (bicyclic) bond motifs is 1. The normalized spacial score (nSPS) is 37.5. The highest BCUT2D eigenvalue weighted by molar-refractivity contribution is 5.24. The first-order chi connectivity index (χ1) is 8.31. The van der Waals surface area contributed by atoms with Crippen LogP contribution in [0, 0.1) is 5.92 Å². The summed E-state index contributed by atoms with van der Waals surface area (Å²) < 4.78 is 0. The third-order valence-electron chi connectivity index (χ3n) is 4.70. The maximum Gasteiger partial charge on any atom is 0.103 e. The summed E-state index contributed by atoms with van der Waals surface area (Å²) in [5.41, 5.74) is 0.561. The minimum absolute atomic E-state index is 0.451. The quantitative estimate of drug-likeness (QED) is 0.754. The van der Waals surface area contributed by atoms with E-state index in [2.05, 4.69) is 17.4 Å². The highest BCUT2D eigenvalue weighted by Gasteiger charge is 2.48. The molecule has 1 saturated carbocycles. The van der Waals surface area contributed by atoms with Crippen molar-refractivity contribution in [2.75, 3.05) is 6.54 Å². The smallest absolute Gasteiger partial charge is 0.103 e. The van der Waals surface area contributed by atoms with Crippen LogP contribution < -0.4 is 5.32 Å². The monoisotopic (exact) mass is 232 g/mol. The van der Waals surface area contributed by atoms with E-state index in [9.17, 15) is 5.11 Å². The molecule has 1 aromatic rings. The van der Waals surface area contributed by atoms with Gasteiger partial charge < -0.3 is 10.4 Å². The molecule has 3 rings (SSSR count). The number of nitrogens with two attached hydrogens (primary N) is 1. The Morgan fingerprint density at radius 3 is 2.71 bits per heavy atom. The molecule has 1 aromatic carbocycles. The van der Waals surface area contributed by atoms with Crippen LogP contribution in [0.15, 0.2) is 30.3 Å². The Labute approximate surface area is 103 Å². The third kappa shape index (κ3) is 1.90. The minimum Gasteiger partial charge on any atom is -0.384 e. The van der Waals surface area contributed by atoms with E-state index < -0.39 is 5.60 Å². The predicted molar refractivity (Wildman–Crippen MR) is 67.5 cm³/mol. The van der Waals surface area contributed by atoms with Gasteiger partial charge in [0.05, 0.1) is 12.6 Å². The number of aliphatic hydroxyl groups is 1. The number of piperidine rings is 1. The van der Waals surface area contributed by atoms with E-state index in [0.29, 0.717) is 12.0 Å². The average Bonchev–Trinajstić information content (AvgIpc) is 2.40. The highest BCUT2D eigenvalue weighted by atomic mass is 16.3. The standard InChI is InChI=1S/C15H21NO/c17-15(12-6-2-1-3-7-12)10-11-16-14-9-5-4-8-13(14)15/h1-3,6-7,13-14,16-17H,4-5,8-11H2/p+1/t13-,14+,15+/m0/s1. The van der Waals surface area contributed by atoms with Gasteiger partial charge in [0.1, 0.15) is 5.60 Å². The Balaban J connectivity index is 1.94. The van der Waals surface area contributed by atoms with Crippen molar-refractivity contribution in [1.29, 1.82) is 0 Å². The SMILES string of the molecule is O[C@@]1(c2ccccc2)CC[NH2+][C@@H]2CCCC[C@@H]21. The van der Waals surface area contributed by atoms with Crippen LogP contribution in [0.25, 0.3) is 0 Å². The van der Waals surface area contributed by atoms with E-state index in [1.807, 2.05) is 18.2 Å². The van der Waals surface area contributed by atoms with Crippen LogP contribution >= 0.6 is 0 Å². The molecule has 0 aromatic heterocycles. The molecule has 2 aliphatic rings. The number of rotatable bonds is 1. The van der Waals surface area contributed by atoms with Crippen LogP contribution in [0.5, 0.6) is 0 Å². The van der Waals surface area contributed by atoms with E-state index in [0.717, 1.165) is 18.5 Å². The molecule has 0 amide bonds. The van der Waals surface area contributed by atoms with Gasteiger partial charge in [0.25, 0.3) is 0 Å².